The van der Waals surface area contributed by atoms with E-state index in [1.54, 1.807) is 7.11 Å². The Bertz CT molecular complexity index is 1040. The summed E-state index contributed by atoms with van der Waals surface area (Å²) in [6, 6.07) is 0. The number of likely N-dealkylation sites (N-methyl/N-ethyl adjacent to an activating group) is 1. The number of unbranched alkanes of at least 4 members (excludes halogenated alkanes) is 22. The summed E-state index contributed by atoms with van der Waals surface area (Å²) in [4.78, 5) is 27.5. The van der Waals surface area contributed by atoms with E-state index >= 15 is 0 Å². The maximum Gasteiger partial charge on any atom is 0.477 e. The number of rotatable bonds is 46. The van der Waals surface area contributed by atoms with Gasteiger partial charge in [-0.1, -0.05) is 141 Å². The van der Waals surface area contributed by atoms with Gasteiger partial charge in [0.15, 0.2) is 12.9 Å². The summed E-state index contributed by atoms with van der Waals surface area (Å²) in [6.07, 6.45) is 39.3. The standard InChI is InChI=1S/C47H90NO10P/c1-6-8-10-12-14-16-18-20-22-24-26-28-30-32-34-36-46(49)54-42-45(43-56-59(51,55-39-38-48(3)4)57-44-53-41-40-52-5)58-47(50)37-35-33-31-29-27-25-23-21-19-17-15-13-11-9-7-2/h20-23,45H,6-19,24-44H2,1-5H3/b22-20-,23-21-/t45-,59?/m1/s1. The summed E-state index contributed by atoms with van der Waals surface area (Å²) in [5, 5.41) is 0. The van der Waals surface area contributed by atoms with Crippen LogP contribution in [0.25, 0.3) is 0 Å². The van der Waals surface area contributed by atoms with Crippen LogP contribution in [0.4, 0.5) is 0 Å². The van der Waals surface area contributed by atoms with Gasteiger partial charge in [0.25, 0.3) is 0 Å². The number of methoxy groups -OCH3 is 1. The molecule has 0 aromatic carbocycles. The molecule has 1 unspecified atom stereocenters. The lowest BCUT2D eigenvalue weighted by atomic mass is 10.1. The summed E-state index contributed by atoms with van der Waals surface area (Å²) < 4.78 is 51.6. The van der Waals surface area contributed by atoms with Crippen LogP contribution < -0.4 is 0 Å². The summed E-state index contributed by atoms with van der Waals surface area (Å²) in [5.74, 6) is -0.786. The van der Waals surface area contributed by atoms with E-state index in [0.29, 0.717) is 19.6 Å². The number of ether oxygens (including phenoxy) is 4. The highest BCUT2D eigenvalue weighted by Gasteiger charge is 2.30. The summed E-state index contributed by atoms with van der Waals surface area (Å²) in [5.41, 5.74) is 0. The fourth-order valence-corrected chi connectivity index (χ4v) is 7.30. The van der Waals surface area contributed by atoms with Gasteiger partial charge in [-0.2, -0.15) is 0 Å². The third-order valence-electron chi connectivity index (χ3n) is 9.95. The van der Waals surface area contributed by atoms with Crippen molar-refractivity contribution in [2.45, 2.75) is 200 Å². The number of hydrogen-bond acceptors (Lipinski definition) is 11. The molecule has 59 heavy (non-hydrogen) atoms. The molecule has 0 bridgehead atoms. The average molecular weight is 860 g/mol. The van der Waals surface area contributed by atoms with Crippen LogP contribution in [0.15, 0.2) is 24.3 Å². The van der Waals surface area contributed by atoms with E-state index in [2.05, 4.69) is 38.2 Å². The molecule has 2 atom stereocenters. The van der Waals surface area contributed by atoms with Gasteiger partial charge in [-0.05, 0) is 78.3 Å². The van der Waals surface area contributed by atoms with Crippen molar-refractivity contribution in [3.63, 3.8) is 0 Å². The van der Waals surface area contributed by atoms with Crippen molar-refractivity contribution in [1.29, 1.82) is 0 Å². The molecule has 0 aliphatic carbocycles. The number of hydrogen-bond donors (Lipinski definition) is 0. The lowest BCUT2D eigenvalue weighted by Gasteiger charge is -2.22. The topological polar surface area (TPSA) is 119 Å². The highest BCUT2D eigenvalue weighted by atomic mass is 31.2. The molecular formula is C47H90NO10P. The minimum atomic E-state index is -4.10. The molecule has 12 heteroatoms. The van der Waals surface area contributed by atoms with E-state index in [-0.39, 0.29) is 52.0 Å². The zero-order valence-corrected chi connectivity index (χ0v) is 39.5. The number of allylic oxidation sites excluding steroid dienone is 4. The molecule has 0 rings (SSSR count). The van der Waals surface area contributed by atoms with Gasteiger partial charge in [0.1, 0.15) is 6.61 Å². The van der Waals surface area contributed by atoms with E-state index in [1.165, 1.54) is 89.9 Å². The fourth-order valence-electron chi connectivity index (χ4n) is 6.22. The van der Waals surface area contributed by atoms with Crippen LogP contribution in [0, 0.1) is 0 Å². The molecule has 0 aliphatic rings. The summed E-state index contributed by atoms with van der Waals surface area (Å²) in [7, 11) is 1.17. The molecule has 0 amide bonds. The Morgan fingerprint density at radius 1 is 0.542 bits per heavy atom. The first-order chi connectivity index (χ1) is 28.8. The minimum absolute atomic E-state index is 0.0766. The quantitative estimate of drug-likeness (QED) is 0.0191. The van der Waals surface area contributed by atoms with E-state index in [4.69, 9.17) is 32.5 Å². The van der Waals surface area contributed by atoms with Gasteiger partial charge in [-0.25, -0.2) is 4.57 Å². The molecule has 0 N–H and O–H groups in total. The average Bonchev–Trinajstić information content (AvgIpc) is 3.21. The molecule has 0 saturated carbocycles. The lowest BCUT2D eigenvalue weighted by molar-refractivity contribution is -0.161. The largest absolute Gasteiger partial charge is 0.477 e. The van der Waals surface area contributed by atoms with Crippen LogP contribution in [0.2, 0.25) is 0 Å². The number of carbonyl (C=O) groups excluding carboxylic acids is 2. The van der Waals surface area contributed by atoms with Crippen LogP contribution in [0.5, 0.6) is 0 Å². The molecule has 0 aromatic rings. The number of carbonyl (C=O) groups is 2. The van der Waals surface area contributed by atoms with Crippen molar-refractivity contribution in [2.75, 3.05) is 67.6 Å². The van der Waals surface area contributed by atoms with Gasteiger partial charge < -0.3 is 23.8 Å². The van der Waals surface area contributed by atoms with Gasteiger partial charge in [0.05, 0.1) is 26.4 Å². The van der Waals surface area contributed by atoms with Crippen molar-refractivity contribution in [1.82, 2.24) is 4.90 Å². The maximum absolute atomic E-state index is 13.5. The van der Waals surface area contributed by atoms with Gasteiger partial charge in [-0.15, -0.1) is 0 Å². The van der Waals surface area contributed by atoms with Crippen LogP contribution in [-0.4, -0.2) is 90.5 Å². The first-order valence-electron chi connectivity index (χ1n) is 23.7. The lowest BCUT2D eigenvalue weighted by Crippen LogP contribution is -2.30. The van der Waals surface area contributed by atoms with Crippen LogP contribution in [-0.2, 0) is 46.7 Å². The summed E-state index contributed by atoms with van der Waals surface area (Å²) >= 11 is 0. The first kappa shape index (κ1) is 57.4. The molecule has 0 radical (unpaired) electrons. The number of phosphoric acid groups is 1. The van der Waals surface area contributed by atoms with Gasteiger partial charge in [0.2, 0.25) is 0 Å². The Balaban J connectivity index is 4.75. The SMILES string of the molecule is CCCCCCCC/C=C\CCCCCCCC(=O)OC[C@H](COP(=O)(OCCN(C)C)OCOCCOC)OC(=O)CCCCCCC/C=C\CCCCCCCC. The molecule has 0 spiro atoms. The Kier molecular flexibility index (Phi) is 43.3. The van der Waals surface area contributed by atoms with Crippen LogP contribution in [0.3, 0.4) is 0 Å². The highest BCUT2D eigenvalue weighted by molar-refractivity contribution is 7.48. The molecule has 348 valence electrons. The van der Waals surface area contributed by atoms with Gasteiger partial charge in [0, 0.05) is 26.5 Å². The van der Waals surface area contributed by atoms with E-state index in [0.717, 1.165) is 70.6 Å². The van der Waals surface area contributed by atoms with Crippen molar-refractivity contribution >= 4 is 19.8 Å². The number of phosphoric ester groups is 1. The van der Waals surface area contributed by atoms with Gasteiger partial charge in [-0.3, -0.25) is 23.2 Å². The smallest absolute Gasteiger partial charge is 0.462 e. The third-order valence-corrected chi connectivity index (χ3v) is 11.3. The monoisotopic (exact) mass is 860 g/mol. The zero-order chi connectivity index (χ0) is 43.3. The van der Waals surface area contributed by atoms with E-state index in [9.17, 15) is 14.2 Å². The van der Waals surface area contributed by atoms with Crippen LogP contribution >= 0.6 is 7.82 Å². The predicted molar refractivity (Wildman–Crippen MR) is 242 cm³/mol. The fraction of sp³-hybridized carbons (Fsp3) is 0.872. The maximum atomic E-state index is 13.5. The van der Waals surface area contributed by atoms with Gasteiger partial charge >= 0.3 is 19.8 Å². The second-order valence-corrected chi connectivity index (χ2v) is 17.7. The Morgan fingerprint density at radius 2 is 1.00 bits per heavy atom. The minimum Gasteiger partial charge on any atom is -0.462 e. The Hall–Kier alpha value is -1.59. The van der Waals surface area contributed by atoms with E-state index < -0.39 is 19.9 Å². The Morgan fingerprint density at radius 3 is 1.47 bits per heavy atom. The normalized spacial score (nSPS) is 13.5. The molecular weight excluding hydrogens is 769 g/mol. The molecule has 0 heterocycles. The molecule has 0 aromatic heterocycles. The van der Waals surface area contributed by atoms with Crippen molar-refractivity contribution in [2.24, 2.45) is 0 Å². The number of nitrogens with zero attached hydrogens (tertiary/aromatic N) is 1. The van der Waals surface area contributed by atoms with Crippen LogP contribution in [0.1, 0.15) is 194 Å². The second kappa shape index (κ2) is 44.5. The summed E-state index contributed by atoms with van der Waals surface area (Å²) in [6.45, 7) is 4.73. The molecule has 11 nitrogen and oxygen atoms in total. The van der Waals surface area contributed by atoms with E-state index in [1.807, 2.05) is 19.0 Å². The predicted octanol–water partition coefficient (Wildman–Crippen LogP) is 12.9. The Labute approximate surface area is 362 Å². The molecule has 0 aliphatic heterocycles. The molecule has 0 fully saturated rings. The second-order valence-electron chi connectivity index (χ2n) is 16.0. The molecule has 0 saturated heterocycles. The van der Waals surface area contributed by atoms with Crippen molar-refractivity contribution < 1.29 is 46.7 Å². The first-order valence-corrected chi connectivity index (χ1v) is 25.1. The zero-order valence-electron chi connectivity index (χ0n) is 38.6. The highest BCUT2D eigenvalue weighted by Crippen LogP contribution is 2.49. The van der Waals surface area contributed by atoms with Crippen molar-refractivity contribution in [3.8, 4) is 0 Å². The third kappa shape index (κ3) is 42.9. The number of esters is 2. The van der Waals surface area contributed by atoms with Crippen molar-refractivity contribution in [3.05, 3.63) is 24.3 Å².